The maximum atomic E-state index is 12.9. The molecule has 1 aliphatic carbocycles. The molecule has 2 aliphatic rings. The Hall–Kier alpha value is -3.46. The zero-order chi connectivity index (χ0) is 23.3. The lowest BCUT2D eigenvalue weighted by atomic mass is 10.0. The quantitative estimate of drug-likeness (QED) is 0.505. The molecule has 0 radical (unpaired) electrons. The number of morpholine rings is 1. The number of nitrogens with zero attached hydrogens (tertiary/aromatic N) is 5. The Labute approximate surface area is 199 Å². The molecule has 9 heteroatoms. The number of hydrogen-bond donors (Lipinski definition) is 2. The van der Waals surface area contributed by atoms with Crippen molar-refractivity contribution in [3.63, 3.8) is 0 Å². The number of rotatable bonds is 9. The first kappa shape index (κ1) is 22.3. The maximum Gasteiger partial charge on any atom is 0.270 e. The Morgan fingerprint density at radius 2 is 2.06 bits per heavy atom. The van der Waals surface area contributed by atoms with Crippen LogP contribution in [0, 0.1) is 5.92 Å². The van der Waals surface area contributed by atoms with Crippen molar-refractivity contribution >= 4 is 17.7 Å². The molecule has 34 heavy (non-hydrogen) atoms. The van der Waals surface area contributed by atoms with E-state index in [1.807, 2.05) is 30.3 Å². The molecule has 0 bridgehead atoms. The number of amides is 1. The molecule has 178 valence electrons. The fraction of sp³-hybridized carbons (Fsp3) is 0.440. The molecule has 2 N–H and O–H groups in total. The predicted molar refractivity (Wildman–Crippen MR) is 131 cm³/mol. The molecule has 1 aromatic carbocycles. The van der Waals surface area contributed by atoms with Gasteiger partial charge in [0, 0.05) is 44.9 Å². The Balaban J connectivity index is 1.35. The van der Waals surface area contributed by atoms with E-state index in [1.165, 1.54) is 18.4 Å². The fourth-order valence-corrected chi connectivity index (χ4v) is 4.11. The second-order valence-electron chi connectivity index (χ2n) is 8.96. The number of hydrogen-bond acceptors (Lipinski definition) is 7. The Morgan fingerprint density at radius 1 is 1.24 bits per heavy atom. The average molecular weight is 462 g/mol. The molecule has 0 spiro atoms. The first-order valence-corrected chi connectivity index (χ1v) is 11.9. The highest BCUT2D eigenvalue weighted by Gasteiger charge is 2.24. The highest BCUT2D eigenvalue weighted by Crippen LogP contribution is 2.28. The summed E-state index contributed by atoms with van der Waals surface area (Å²) in [6, 6.07) is 10.1. The van der Waals surface area contributed by atoms with Crippen LogP contribution in [0.25, 0.3) is 11.3 Å². The summed E-state index contributed by atoms with van der Waals surface area (Å²) in [7, 11) is 1.98. The monoisotopic (exact) mass is 461 g/mol. The summed E-state index contributed by atoms with van der Waals surface area (Å²) in [6.07, 6.45) is 6.72. The van der Waals surface area contributed by atoms with Crippen molar-refractivity contribution in [2.75, 3.05) is 56.2 Å². The van der Waals surface area contributed by atoms with Crippen LogP contribution in [0.3, 0.4) is 0 Å². The van der Waals surface area contributed by atoms with Crippen molar-refractivity contribution in [3.8, 4) is 11.3 Å². The van der Waals surface area contributed by atoms with Crippen molar-refractivity contribution in [1.82, 2.24) is 25.3 Å². The summed E-state index contributed by atoms with van der Waals surface area (Å²) in [5.41, 5.74) is 3.76. The van der Waals surface area contributed by atoms with Gasteiger partial charge >= 0.3 is 0 Å². The number of aromatic amines is 1. The number of imidazole rings is 1. The Bertz CT molecular complexity index is 1110. The van der Waals surface area contributed by atoms with E-state index in [2.05, 4.69) is 37.3 Å². The number of benzene rings is 1. The molecule has 2 aromatic heterocycles. The SMILES string of the molecule is CN(CCc1ccccc1-c1cnc[nH]1)c1nc(C(=O)NCC2CC2)cc(N2CCOCC2)n1. The molecule has 0 atom stereocenters. The van der Waals surface area contributed by atoms with Crippen LogP contribution < -0.4 is 15.1 Å². The smallest absolute Gasteiger partial charge is 0.270 e. The van der Waals surface area contributed by atoms with Gasteiger partial charge in [0.1, 0.15) is 11.5 Å². The molecular weight excluding hydrogens is 430 g/mol. The van der Waals surface area contributed by atoms with Crippen LogP contribution in [0.2, 0.25) is 0 Å². The van der Waals surface area contributed by atoms with Crippen molar-refractivity contribution in [2.45, 2.75) is 19.3 Å². The van der Waals surface area contributed by atoms with Crippen molar-refractivity contribution in [2.24, 2.45) is 5.92 Å². The number of aromatic nitrogens is 4. The molecule has 0 unspecified atom stereocenters. The standard InChI is InChI=1S/C25H31N7O2/c1-31(9-8-19-4-2-3-5-20(19)22-16-26-17-28-22)25-29-21(24(33)27-15-18-6-7-18)14-23(30-25)32-10-12-34-13-11-32/h2-5,14,16-18H,6-13,15H2,1H3,(H,26,28)(H,27,33). The number of carbonyl (C=O) groups is 1. The summed E-state index contributed by atoms with van der Waals surface area (Å²) in [5, 5.41) is 3.04. The predicted octanol–water partition coefficient (Wildman–Crippen LogP) is 2.52. The van der Waals surface area contributed by atoms with Crippen LogP contribution in [-0.4, -0.2) is 72.3 Å². The minimum atomic E-state index is -0.136. The first-order chi connectivity index (χ1) is 16.7. The minimum absolute atomic E-state index is 0.136. The van der Waals surface area contributed by atoms with E-state index in [0.29, 0.717) is 43.9 Å². The second-order valence-corrected chi connectivity index (χ2v) is 8.96. The van der Waals surface area contributed by atoms with Gasteiger partial charge in [0.25, 0.3) is 5.91 Å². The van der Waals surface area contributed by atoms with Crippen molar-refractivity contribution < 1.29 is 9.53 Å². The fourth-order valence-electron chi connectivity index (χ4n) is 4.11. The van der Waals surface area contributed by atoms with Gasteiger partial charge in [-0.3, -0.25) is 4.79 Å². The van der Waals surface area contributed by atoms with E-state index >= 15 is 0 Å². The zero-order valence-electron chi connectivity index (χ0n) is 19.5. The lowest BCUT2D eigenvalue weighted by molar-refractivity contribution is 0.0946. The molecule has 3 aromatic rings. The van der Waals surface area contributed by atoms with Crippen LogP contribution >= 0.6 is 0 Å². The van der Waals surface area contributed by atoms with Gasteiger partial charge in [-0.25, -0.2) is 9.97 Å². The van der Waals surface area contributed by atoms with E-state index < -0.39 is 0 Å². The zero-order valence-corrected chi connectivity index (χ0v) is 19.5. The molecule has 5 rings (SSSR count). The molecule has 3 heterocycles. The van der Waals surface area contributed by atoms with Gasteiger partial charge in [-0.1, -0.05) is 24.3 Å². The third-order valence-electron chi connectivity index (χ3n) is 6.38. The van der Waals surface area contributed by atoms with Gasteiger partial charge in [0.05, 0.1) is 31.4 Å². The molecule has 1 saturated heterocycles. The van der Waals surface area contributed by atoms with Crippen LogP contribution in [0.4, 0.5) is 11.8 Å². The van der Waals surface area contributed by atoms with Gasteiger partial charge in [0.15, 0.2) is 0 Å². The van der Waals surface area contributed by atoms with Gasteiger partial charge in [0.2, 0.25) is 5.95 Å². The highest BCUT2D eigenvalue weighted by molar-refractivity contribution is 5.93. The number of anilines is 2. The molecule has 9 nitrogen and oxygen atoms in total. The topological polar surface area (TPSA) is 99.3 Å². The minimum Gasteiger partial charge on any atom is -0.378 e. The number of likely N-dealkylation sites (N-methyl/N-ethyl adjacent to an activating group) is 1. The third-order valence-corrected chi connectivity index (χ3v) is 6.38. The highest BCUT2D eigenvalue weighted by atomic mass is 16.5. The van der Waals surface area contributed by atoms with Crippen LogP contribution in [0.1, 0.15) is 28.9 Å². The summed E-state index contributed by atoms with van der Waals surface area (Å²) in [4.78, 5) is 33.9. The first-order valence-electron chi connectivity index (χ1n) is 11.9. The van der Waals surface area contributed by atoms with Crippen molar-refractivity contribution in [1.29, 1.82) is 0 Å². The van der Waals surface area contributed by atoms with E-state index in [4.69, 9.17) is 9.72 Å². The average Bonchev–Trinajstić information content (AvgIpc) is 3.56. The van der Waals surface area contributed by atoms with Gasteiger partial charge in [-0.2, -0.15) is 4.98 Å². The molecule has 1 amide bonds. The van der Waals surface area contributed by atoms with Crippen LogP contribution in [-0.2, 0) is 11.2 Å². The number of nitrogens with one attached hydrogen (secondary N) is 2. The lowest BCUT2D eigenvalue weighted by Crippen LogP contribution is -2.37. The van der Waals surface area contributed by atoms with E-state index in [1.54, 1.807) is 12.4 Å². The molecular formula is C25H31N7O2. The normalized spacial score (nSPS) is 15.9. The van der Waals surface area contributed by atoms with E-state index in [0.717, 1.165) is 36.6 Å². The largest absolute Gasteiger partial charge is 0.378 e. The Morgan fingerprint density at radius 3 is 2.82 bits per heavy atom. The molecule has 1 saturated carbocycles. The third kappa shape index (κ3) is 5.36. The number of H-pyrrole nitrogens is 1. The summed E-state index contributed by atoms with van der Waals surface area (Å²) < 4.78 is 5.50. The molecule has 1 aliphatic heterocycles. The van der Waals surface area contributed by atoms with E-state index in [9.17, 15) is 4.79 Å². The number of ether oxygens (including phenoxy) is 1. The van der Waals surface area contributed by atoms with Crippen molar-refractivity contribution in [3.05, 3.63) is 54.1 Å². The molecule has 2 fully saturated rings. The summed E-state index contributed by atoms with van der Waals surface area (Å²) >= 11 is 0. The second kappa shape index (κ2) is 10.2. The van der Waals surface area contributed by atoms with Crippen LogP contribution in [0.5, 0.6) is 0 Å². The summed E-state index contributed by atoms with van der Waals surface area (Å²) in [6.45, 7) is 4.24. The number of carbonyl (C=O) groups excluding carboxylic acids is 1. The van der Waals surface area contributed by atoms with E-state index in [-0.39, 0.29) is 5.91 Å². The maximum absolute atomic E-state index is 12.9. The van der Waals surface area contributed by atoms with Crippen LogP contribution in [0.15, 0.2) is 42.9 Å². The Kier molecular flexibility index (Phi) is 6.71. The lowest BCUT2D eigenvalue weighted by Gasteiger charge is -2.29. The van der Waals surface area contributed by atoms with Gasteiger partial charge in [-0.05, 0) is 30.7 Å². The van der Waals surface area contributed by atoms with Gasteiger partial charge in [-0.15, -0.1) is 0 Å². The summed E-state index contributed by atoms with van der Waals surface area (Å²) in [5.74, 6) is 1.80. The van der Waals surface area contributed by atoms with Gasteiger partial charge < -0.3 is 24.8 Å².